The highest BCUT2D eigenvalue weighted by Crippen LogP contribution is 2.07. The maximum atomic E-state index is 10.9. The summed E-state index contributed by atoms with van der Waals surface area (Å²) in [7, 11) is 1.52. The molecule has 0 aliphatic rings. The third-order valence-corrected chi connectivity index (χ3v) is 2.49. The Morgan fingerprint density at radius 2 is 2.08 bits per heavy atom. The van der Waals surface area contributed by atoms with Gasteiger partial charge >= 0.3 is 5.97 Å². The second-order valence-corrected chi connectivity index (χ2v) is 3.75. The number of hydrogen-bond acceptors (Lipinski definition) is 3. The van der Waals surface area contributed by atoms with Crippen LogP contribution in [0.3, 0.4) is 0 Å². The summed E-state index contributed by atoms with van der Waals surface area (Å²) in [5.41, 5.74) is 0. The van der Waals surface area contributed by atoms with Gasteiger partial charge in [-0.1, -0.05) is 0 Å². The van der Waals surface area contributed by atoms with Crippen LogP contribution < -0.4 is 0 Å². The van der Waals surface area contributed by atoms with Gasteiger partial charge in [-0.15, -0.1) is 0 Å². The third kappa shape index (κ3) is 4.17. The normalized spacial score (nSPS) is 12.2. The van der Waals surface area contributed by atoms with Crippen LogP contribution in [0, 0.1) is 0 Å². The molecular weight excluding hydrogens is 190 g/mol. The molecule has 76 valence electrons. The molecule has 0 saturated carbocycles. The Labute approximate surface area is 82.3 Å². The summed E-state index contributed by atoms with van der Waals surface area (Å²) in [6, 6.07) is -0.690. The number of carbonyl (C=O) groups excluding carboxylic acids is 1. The number of aliphatic carboxylic acids is 1. The predicted molar refractivity (Wildman–Crippen MR) is 52.9 cm³/mol. The van der Waals surface area contributed by atoms with E-state index in [0.29, 0.717) is 6.42 Å². The van der Waals surface area contributed by atoms with Crippen LogP contribution in [-0.4, -0.2) is 47.0 Å². The van der Waals surface area contributed by atoms with Crippen molar-refractivity contribution < 1.29 is 14.7 Å². The molecule has 0 saturated heterocycles. The number of hydrogen-bond donors (Lipinski definition) is 1. The molecule has 0 bridgehead atoms. The van der Waals surface area contributed by atoms with Gasteiger partial charge in [0.15, 0.2) is 0 Å². The average Bonchev–Trinajstić information content (AvgIpc) is 2.04. The smallest absolute Gasteiger partial charge is 0.326 e. The van der Waals surface area contributed by atoms with Crippen molar-refractivity contribution >= 4 is 23.6 Å². The van der Waals surface area contributed by atoms with Gasteiger partial charge in [0, 0.05) is 14.0 Å². The van der Waals surface area contributed by atoms with Gasteiger partial charge in [-0.25, -0.2) is 4.79 Å². The standard InChI is InChI=1S/C8H15NO3S/c1-6(10)9(2)7(8(11)12)4-5-13-3/h7H,4-5H2,1-3H3,(H,11,12). The number of thioether (sulfide) groups is 1. The highest BCUT2D eigenvalue weighted by atomic mass is 32.2. The first-order valence-electron chi connectivity index (χ1n) is 3.95. The molecule has 1 N–H and O–H groups in total. The Balaban J connectivity index is 4.24. The van der Waals surface area contributed by atoms with Gasteiger partial charge in [-0.3, -0.25) is 4.79 Å². The van der Waals surface area contributed by atoms with Gasteiger partial charge in [0.1, 0.15) is 6.04 Å². The largest absolute Gasteiger partial charge is 0.480 e. The molecule has 0 aliphatic carbocycles. The summed E-state index contributed by atoms with van der Waals surface area (Å²) < 4.78 is 0. The minimum atomic E-state index is -0.938. The number of carboxylic acids is 1. The lowest BCUT2D eigenvalue weighted by atomic mass is 10.2. The topological polar surface area (TPSA) is 57.6 Å². The van der Waals surface area contributed by atoms with Crippen molar-refractivity contribution in [1.82, 2.24) is 4.90 Å². The van der Waals surface area contributed by atoms with E-state index in [1.54, 1.807) is 11.8 Å². The number of likely N-dealkylation sites (N-methyl/N-ethyl adjacent to an activating group) is 1. The first-order valence-corrected chi connectivity index (χ1v) is 5.35. The zero-order valence-electron chi connectivity index (χ0n) is 8.11. The van der Waals surface area contributed by atoms with Crippen molar-refractivity contribution in [2.75, 3.05) is 19.1 Å². The van der Waals surface area contributed by atoms with Gasteiger partial charge in [0.25, 0.3) is 0 Å². The van der Waals surface area contributed by atoms with Gasteiger partial charge in [-0.2, -0.15) is 11.8 Å². The molecule has 1 atom stereocenters. The summed E-state index contributed by atoms with van der Waals surface area (Å²) >= 11 is 1.58. The summed E-state index contributed by atoms with van der Waals surface area (Å²) in [4.78, 5) is 22.9. The summed E-state index contributed by atoms with van der Waals surface area (Å²) in [5, 5.41) is 8.82. The monoisotopic (exact) mass is 205 g/mol. The van der Waals surface area contributed by atoms with E-state index in [4.69, 9.17) is 5.11 Å². The van der Waals surface area contributed by atoms with Crippen molar-refractivity contribution in [1.29, 1.82) is 0 Å². The van der Waals surface area contributed by atoms with Crippen LogP contribution in [0.2, 0.25) is 0 Å². The molecule has 0 heterocycles. The molecule has 1 amide bonds. The fourth-order valence-electron chi connectivity index (χ4n) is 0.932. The Bertz CT molecular complexity index is 196. The highest BCUT2D eigenvalue weighted by molar-refractivity contribution is 7.98. The van der Waals surface area contributed by atoms with E-state index in [9.17, 15) is 9.59 Å². The summed E-state index contributed by atoms with van der Waals surface area (Å²) in [6.45, 7) is 1.37. The molecule has 0 rings (SSSR count). The zero-order valence-corrected chi connectivity index (χ0v) is 8.93. The fraction of sp³-hybridized carbons (Fsp3) is 0.750. The van der Waals surface area contributed by atoms with Gasteiger partial charge in [0.2, 0.25) is 5.91 Å². The molecule has 0 spiro atoms. The van der Waals surface area contributed by atoms with Gasteiger partial charge < -0.3 is 10.0 Å². The average molecular weight is 205 g/mol. The molecule has 0 fully saturated rings. The first-order chi connectivity index (χ1) is 6.00. The van der Waals surface area contributed by atoms with Crippen molar-refractivity contribution in [3.05, 3.63) is 0 Å². The Morgan fingerprint density at radius 3 is 2.38 bits per heavy atom. The lowest BCUT2D eigenvalue weighted by molar-refractivity contribution is -0.148. The first kappa shape index (κ1) is 12.3. The van der Waals surface area contributed by atoms with E-state index in [-0.39, 0.29) is 5.91 Å². The molecule has 4 nitrogen and oxygen atoms in total. The molecule has 5 heteroatoms. The molecule has 1 unspecified atom stereocenters. The van der Waals surface area contributed by atoms with Crippen molar-refractivity contribution in [2.45, 2.75) is 19.4 Å². The Hall–Kier alpha value is -0.710. The molecular formula is C8H15NO3S. The van der Waals surface area contributed by atoms with Crippen molar-refractivity contribution in [2.24, 2.45) is 0 Å². The number of nitrogens with zero attached hydrogens (tertiary/aromatic N) is 1. The van der Waals surface area contributed by atoms with Crippen LogP contribution in [0.4, 0.5) is 0 Å². The summed E-state index contributed by atoms with van der Waals surface area (Å²) in [5.74, 6) is -0.408. The lowest BCUT2D eigenvalue weighted by Gasteiger charge is -2.22. The van der Waals surface area contributed by atoms with Crippen LogP contribution in [0.5, 0.6) is 0 Å². The van der Waals surface area contributed by atoms with E-state index < -0.39 is 12.0 Å². The summed E-state index contributed by atoms with van der Waals surface area (Å²) in [6.07, 6.45) is 2.40. The van der Waals surface area contributed by atoms with E-state index in [1.165, 1.54) is 18.9 Å². The van der Waals surface area contributed by atoms with E-state index in [0.717, 1.165) is 5.75 Å². The maximum Gasteiger partial charge on any atom is 0.326 e. The van der Waals surface area contributed by atoms with Crippen LogP contribution >= 0.6 is 11.8 Å². The number of rotatable bonds is 5. The van der Waals surface area contributed by atoms with Crippen molar-refractivity contribution in [3.63, 3.8) is 0 Å². The van der Waals surface area contributed by atoms with E-state index in [1.807, 2.05) is 6.26 Å². The van der Waals surface area contributed by atoms with Gasteiger partial charge in [-0.05, 0) is 18.4 Å². The second-order valence-electron chi connectivity index (χ2n) is 2.77. The van der Waals surface area contributed by atoms with Crippen LogP contribution in [-0.2, 0) is 9.59 Å². The van der Waals surface area contributed by atoms with Crippen LogP contribution in [0.25, 0.3) is 0 Å². The third-order valence-electron chi connectivity index (χ3n) is 1.84. The van der Waals surface area contributed by atoms with Gasteiger partial charge in [0.05, 0.1) is 0 Å². The zero-order chi connectivity index (χ0) is 10.4. The van der Waals surface area contributed by atoms with E-state index >= 15 is 0 Å². The minimum absolute atomic E-state index is 0.214. The quantitative estimate of drug-likeness (QED) is 0.716. The van der Waals surface area contributed by atoms with Crippen LogP contribution in [0.15, 0.2) is 0 Å². The SMILES string of the molecule is CSCCC(C(=O)O)N(C)C(C)=O. The van der Waals surface area contributed by atoms with E-state index in [2.05, 4.69) is 0 Å². The maximum absolute atomic E-state index is 10.9. The van der Waals surface area contributed by atoms with Crippen LogP contribution in [0.1, 0.15) is 13.3 Å². The minimum Gasteiger partial charge on any atom is -0.480 e. The number of carbonyl (C=O) groups is 2. The fourth-order valence-corrected chi connectivity index (χ4v) is 1.39. The Kier molecular flexibility index (Phi) is 5.53. The molecule has 0 radical (unpaired) electrons. The Morgan fingerprint density at radius 1 is 1.54 bits per heavy atom. The molecule has 0 aromatic heterocycles. The van der Waals surface area contributed by atoms with Crippen molar-refractivity contribution in [3.8, 4) is 0 Å². The molecule has 0 aromatic carbocycles. The highest BCUT2D eigenvalue weighted by Gasteiger charge is 2.23. The number of carboxylic acid groups (broad SMARTS) is 1. The molecule has 0 aromatic rings. The molecule has 13 heavy (non-hydrogen) atoms. The second kappa shape index (κ2) is 5.85. The predicted octanol–water partition coefficient (Wildman–Crippen LogP) is 0.671. The number of amides is 1. The molecule has 0 aliphatic heterocycles. The lowest BCUT2D eigenvalue weighted by Crippen LogP contribution is -2.41.